The highest BCUT2D eigenvalue weighted by molar-refractivity contribution is 5.79. The highest BCUT2D eigenvalue weighted by atomic mass is 14.9. The van der Waals surface area contributed by atoms with Crippen molar-refractivity contribution in [3.8, 4) is 0 Å². The van der Waals surface area contributed by atoms with Gasteiger partial charge in [-0.1, -0.05) is 26.0 Å². The number of unbranched alkanes of at least 4 members (excludes halogenated alkanes) is 1. The summed E-state index contributed by atoms with van der Waals surface area (Å²) >= 11 is 0. The molecule has 1 N–H and O–H groups in total. The van der Waals surface area contributed by atoms with Gasteiger partial charge in [-0.2, -0.15) is 0 Å². The number of aryl methyl sites for hydroxylation is 2. The lowest BCUT2D eigenvalue weighted by molar-refractivity contribution is 0.557. The Morgan fingerprint density at radius 2 is 1.95 bits per heavy atom. The fourth-order valence-corrected chi connectivity index (χ4v) is 2.28. The highest BCUT2D eigenvalue weighted by Gasteiger charge is 1.99. The molecule has 0 aliphatic heterocycles. The Bertz CT molecular complexity index is 532. The zero-order valence-corrected chi connectivity index (χ0v) is 12.2. The van der Waals surface area contributed by atoms with Crippen LogP contribution in [-0.2, 0) is 6.42 Å². The average molecular weight is 256 g/mol. The van der Waals surface area contributed by atoms with Crippen molar-refractivity contribution in [3.05, 3.63) is 41.6 Å². The van der Waals surface area contributed by atoms with Crippen molar-refractivity contribution in [3.63, 3.8) is 0 Å². The zero-order valence-electron chi connectivity index (χ0n) is 12.2. The second kappa shape index (κ2) is 6.67. The van der Waals surface area contributed by atoms with E-state index < -0.39 is 0 Å². The van der Waals surface area contributed by atoms with Crippen LogP contribution in [-0.4, -0.2) is 17.6 Å². The maximum Gasteiger partial charge on any atom is 0.0705 e. The van der Waals surface area contributed by atoms with Crippen molar-refractivity contribution in [2.24, 2.45) is 0 Å². The van der Waals surface area contributed by atoms with E-state index in [1.807, 2.05) is 6.92 Å². The number of rotatable bonds is 6. The van der Waals surface area contributed by atoms with Gasteiger partial charge in [-0.15, -0.1) is 0 Å². The summed E-state index contributed by atoms with van der Waals surface area (Å²) in [5, 5.41) is 4.71. The van der Waals surface area contributed by atoms with Crippen LogP contribution in [0.5, 0.6) is 0 Å². The topological polar surface area (TPSA) is 24.9 Å². The molecule has 0 amide bonds. The van der Waals surface area contributed by atoms with Gasteiger partial charge in [0.1, 0.15) is 0 Å². The average Bonchev–Trinajstić information content (AvgIpc) is 2.38. The van der Waals surface area contributed by atoms with Gasteiger partial charge in [0.2, 0.25) is 0 Å². The molecule has 0 unspecified atom stereocenters. The summed E-state index contributed by atoms with van der Waals surface area (Å²) in [4.78, 5) is 4.54. The number of nitrogens with zero attached hydrogens (tertiary/aromatic N) is 1. The van der Waals surface area contributed by atoms with Crippen molar-refractivity contribution in [2.75, 3.05) is 6.54 Å². The molecule has 102 valence electrons. The van der Waals surface area contributed by atoms with Gasteiger partial charge in [0.15, 0.2) is 0 Å². The lowest BCUT2D eigenvalue weighted by Crippen LogP contribution is -2.23. The first-order chi connectivity index (χ1) is 9.15. The molecule has 0 saturated heterocycles. The summed E-state index contributed by atoms with van der Waals surface area (Å²) < 4.78 is 0. The van der Waals surface area contributed by atoms with Crippen molar-refractivity contribution in [1.29, 1.82) is 0 Å². The van der Waals surface area contributed by atoms with Gasteiger partial charge in [0.25, 0.3) is 0 Å². The third kappa shape index (κ3) is 4.32. The van der Waals surface area contributed by atoms with Crippen molar-refractivity contribution in [2.45, 2.75) is 46.1 Å². The van der Waals surface area contributed by atoms with Crippen LogP contribution < -0.4 is 5.32 Å². The van der Waals surface area contributed by atoms with Crippen LogP contribution in [0.25, 0.3) is 10.9 Å². The zero-order chi connectivity index (χ0) is 13.7. The summed E-state index contributed by atoms with van der Waals surface area (Å²) in [7, 11) is 0. The van der Waals surface area contributed by atoms with E-state index in [1.54, 1.807) is 0 Å². The third-order valence-electron chi connectivity index (χ3n) is 3.34. The van der Waals surface area contributed by atoms with E-state index in [0.717, 1.165) is 24.2 Å². The molecule has 1 heterocycles. The normalized spacial score (nSPS) is 11.4. The lowest BCUT2D eigenvalue weighted by Gasteiger charge is -2.08. The number of benzene rings is 1. The third-order valence-corrected chi connectivity index (χ3v) is 3.34. The monoisotopic (exact) mass is 256 g/mol. The molecule has 19 heavy (non-hydrogen) atoms. The van der Waals surface area contributed by atoms with Gasteiger partial charge < -0.3 is 5.32 Å². The molecule has 0 bridgehead atoms. The van der Waals surface area contributed by atoms with E-state index in [1.165, 1.54) is 23.8 Å². The van der Waals surface area contributed by atoms with Crippen molar-refractivity contribution in [1.82, 2.24) is 10.3 Å². The first kappa shape index (κ1) is 14.0. The minimum Gasteiger partial charge on any atom is -0.315 e. The molecule has 2 rings (SSSR count). The van der Waals surface area contributed by atoms with Crippen LogP contribution in [0, 0.1) is 6.92 Å². The number of pyridine rings is 1. The summed E-state index contributed by atoms with van der Waals surface area (Å²) in [6, 6.07) is 11.5. The van der Waals surface area contributed by atoms with E-state index in [2.05, 4.69) is 54.5 Å². The maximum absolute atomic E-state index is 4.54. The maximum atomic E-state index is 4.54. The van der Waals surface area contributed by atoms with Crippen molar-refractivity contribution >= 4 is 10.9 Å². The van der Waals surface area contributed by atoms with E-state index in [-0.39, 0.29) is 0 Å². The summed E-state index contributed by atoms with van der Waals surface area (Å²) in [6.45, 7) is 7.54. The van der Waals surface area contributed by atoms with E-state index in [9.17, 15) is 0 Å². The number of aromatic nitrogens is 1. The molecule has 0 aliphatic carbocycles. The Balaban J connectivity index is 1.89. The Hall–Kier alpha value is -1.41. The van der Waals surface area contributed by atoms with Crippen LogP contribution in [0.4, 0.5) is 0 Å². The predicted octanol–water partition coefficient (Wildman–Crippen LogP) is 3.86. The minimum atomic E-state index is 0.593. The smallest absolute Gasteiger partial charge is 0.0705 e. The molecular formula is C17H24N2. The first-order valence-corrected chi connectivity index (χ1v) is 7.25. The summed E-state index contributed by atoms with van der Waals surface area (Å²) in [5.41, 5.74) is 3.60. The predicted molar refractivity (Wildman–Crippen MR) is 82.6 cm³/mol. The largest absolute Gasteiger partial charge is 0.315 e. The molecule has 0 atom stereocenters. The van der Waals surface area contributed by atoms with Crippen LogP contribution >= 0.6 is 0 Å². The number of fused-ring (bicyclic) bond motifs is 1. The molecule has 2 aromatic rings. The summed E-state index contributed by atoms with van der Waals surface area (Å²) in [6.07, 6.45) is 3.64. The molecule has 0 radical (unpaired) electrons. The van der Waals surface area contributed by atoms with Gasteiger partial charge in [0, 0.05) is 17.1 Å². The second-order valence-corrected chi connectivity index (χ2v) is 5.55. The standard InChI is InChI=1S/C17H24N2/c1-13(2)18-11-5-4-6-15-8-10-17-16(12-15)9-7-14(3)19-17/h7-10,12-13,18H,4-6,11H2,1-3H3. The number of hydrogen-bond donors (Lipinski definition) is 1. The van der Waals surface area contributed by atoms with E-state index in [4.69, 9.17) is 0 Å². The Morgan fingerprint density at radius 1 is 1.11 bits per heavy atom. The van der Waals surface area contributed by atoms with Crippen LogP contribution in [0.15, 0.2) is 30.3 Å². The van der Waals surface area contributed by atoms with E-state index >= 15 is 0 Å². The van der Waals surface area contributed by atoms with E-state index in [0.29, 0.717) is 6.04 Å². The minimum absolute atomic E-state index is 0.593. The van der Waals surface area contributed by atoms with Gasteiger partial charge in [-0.3, -0.25) is 4.98 Å². The number of nitrogens with one attached hydrogen (secondary N) is 1. The molecule has 1 aromatic carbocycles. The Kier molecular flexibility index (Phi) is 4.92. The van der Waals surface area contributed by atoms with Gasteiger partial charge in [0.05, 0.1) is 5.52 Å². The number of hydrogen-bond acceptors (Lipinski definition) is 2. The lowest BCUT2D eigenvalue weighted by atomic mass is 10.1. The second-order valence-electron chi connectivity index (χ2n) is 5.55. The first-order valence-electron chi connectivity index (χ1n) is 7.25. The molecule has 0 fully saturated rings. The Labute approximate surface area is 116 Å². The van der Waals surface area contributed by atoms with Gasteiger partial charge >= 0.3 is 0 Å². The molecule has 2 heteroatoms. The molecular weight excluding hydrogens is 232 g/mol. The summed E-state index contributed by atoms with van der Waals surface area (Å²) in [5.74, 6) is 0. The molecule has 0 spiro atoms. The molecule has 0 saturated carbocycles. The van der Waals surface area contributed by atoms with Crippen LogP contribution in [0.2, 0.25) is 0 Å². The van der Waals surface area contributed by atoms with Gasteiger partial charge in [-0.25, -0.2) is 0 Å². The molecule has 1 aromatic heterocycles. The Morgan fingerprint density at radius 3 is 2.74 bits per heavy atom. The fourth-order valence-electron chi connectivity index (χ4n) is 2.28. The van der Waals surface area contributed by atoms with Crippen LogP contribution in [0.1, 0.15) is 37.9 Å². The molecule has 0 aliphatic rings. The van der Waals surface area contributed by atoms with Crippen molar-refractivity contribution < 1.29 is 0 Å². The van der Waals surface area contributed by atoms with Gasteiger partial charge in [-0.05, 0) is 56.5 Å². The fraction of sp³-hybridized carbons (Fsp3) is 0.471. The highest BCUT2D eigenvalue weighted by Crippen LogP contribution is 2.16. The molecule has 2 nitrogen and oxygen atoms in total. The SMILES string of the molecule is Cc1ccc2cc(CCCCNC(C)C)ccc2n1. The van der Waals surface area contributed by atoms with Crippen LogP contribution in [0.3, 0.4) is 0 Å². The quantitative estimate of drug-likeness (QED) is 0.794.